The van der Waals surface area contributed by atoms with Crippen LogP contribution in [0.15, 0.2) is 18.3 Å². The molecule has 0 aliphatic rings. The van der Waals surface area contributed by atoms with E-state index in [0.717, 1.165) is 4.90 Å². The topological polar surface area (TPSA) is 133 Å². The number of amides is 2. The molecule has 0 aliphatic heterocycles. The number of anilines is 1. The summed E-state index contributed by atoms with van der Waals surface area (Å²) in [4.78, 5) is 54.8. The lowest BCUT2D eigenvalue weighted by molar-refractivity contribution is -0.161. The van der Waals surface area contributed by atoms with Gasteiger partial charge in [0.15, 0.2) is 5.56 Å². The van der Waals surface area contributed by atoms with Crippen LogP contribution in [0.5, 0.6) is 0 Å². The fraction of sp³-hybridized carbons (Fsp3) is 0.609. The average Bonchev–Trinajstić information content (AvgIpc) is 2.68. The molecule has 1 aromatic rings. The number of esters is 2. The summed E-state index contributed by atoms with van der Waals surface area (Å²) in [5.41, 5.74) is -2.11. The maximum Gasteiger partial charge on any atom is 0.416 e. The van der Waals surface area contributed by atoms with E-state index in [2.05, 4.69) is 10.3 Å². The molecule has 2 atom stereocenters. The molecule has 35 heavy (non-hydrogen) atoms. The lowest BCUT2D eigenvalue weighted by Gasteiger charge is -2.26. The highest BCUT2D eigenvalue weighted by atomic mass is 35.5. The van der Waals surface area contributed by atoms with Gasteiger partial charge in [-0.25, -0.2) is 19.4 Å². The van der Waals surface area contributed by atoms with Crippen LogP contribution in [0.1, 0.15) is 60.5 Å². The number of hydrogen-bond donors (Lipinski definition) is 1. The maximum atomic E-state index is 12.6. The second kappa shape index (κ2) is 12.6. The van der Waals surface area contributed by atoms with E-state index in [4.69, 9.17) is 30.5 Å². The first kappa shape index (κ1) is 30.0. The molecule has 2 amide bonds. The van der Waals surface area contributed by atoms with Crippen LogP contribution in [0.25, 0.3) is 0 Å². The molecule has 196 valence electrons. The molecule has 1 heterocycles. The SMILES string of the molecule is CC(Cl)OC(=O)N(C)c1ncccc1COC(=O)C[C@H](NC(=O)OC(C)(C)C)C(=O)OC(C)(C)C. The smallest absolute Gasteiger partial charge is 0.416 e. The molecule has 1 rings (SSSR count). The Morgan fingerprint density at radius 2 is 1.69 bits per heavy atom. The molecule has 11 nitrogen and oxygen atoms in total. The molecule has 1 N–H and O–H groups in total. The number of aromatic nitrogens is 1. The first-order chi connectivity index (χ1) is 16.0. The zero-order chi connectivity index (χ0) is 27.0. The minimum Gasteiger partial charge on any atom is -0.461 e. The highest BCUT2D eigenvalue weighted by Gasteiger charge is 2.31. The summed E-state index contributed by atoms with van der Waals surface area (Å²) in [6.45, 7) is 11.2. The first-order valence-corrected chi connectivity index (χ1v) is 11.3. The quantitative estimate of drug-likeness (QED) is 0.310. The molecule has 0 bridgehead atoms. The second-order valence-electron chi connectivity index (χ2n) is 9.57. The van der Waals surface area contributed by atoms with Crippen molar-refractivity contribution in [1.82, 2.24) is 10.3 Å². The number of carbonyl (C=O) groups is 4. The van der Waals surface area contributed by atoms with E-state index < -0.39 is 53.4 Å². The number of nitrogens with zero attached hydrogens (tertiary/aromatic N) is 2. The number of halogens is 1. The van der Waals surface area contributed by atoms with Crippen LogP contribution in [-0.4, -0.2) is 59.0 Å². The molecular weight excluding hydrogens is 482 g/mol. The van der Waals surface area contributed by atoms with Gasteiger partial charge < -0.3 is 24.3 Å². The van der Waals surface area contributed by atoms with E-state index in [9.17, 15) is 19.2 Å². The van der Waals surface area contributed by atoms with Crippen LogP contribution in [-0.2, 0) is 35.1 Å². The monoisotopic (exact) mass is 515 g/mol. The number of carbonyl (C=O) groups excluding carboxylic acids is 4. The zero-order valence-corrected chi connectivity index (χ0v) is 22.1. The minimum atomic E-state index is -1.34. The van der Waals surface area contributed by atoms with Crippen molar-refractivity contribution in [3.05, 3.63) is 23.9 Å². The summed E-state index contributed by atoms with van der Waals surface area (Å²) in [7, 11) is 1.43. The number of hydrogen-bond acceptors (Lipinski definition) is 9. The average molecular weight is 516 g/mol. The Balaban J connectivity index is 2.92. The van der Waals surface area contributed by atoms with Crippen molar-refractivity contribution >= 4 is 41.5 Å². The van der Waals surface area contributed by atoms with Crippen molar-refractivity contribution in [1.29, 1.82) is 0 Å². The molecule has 1 unspecified atom stereocenters. The lowest BCUT2D eigenvalue weighted by atomic mass is 10.1. The first-order valence-electron chi connectivity index (χ1n) is 10.9. The van der Waals surface area contributed by atoms with E-state index in [0.29, 0.717) is 5.56 Å². The standard InChI is InChI=1S/C23H34ClN3O8/c1-14(24)33-21(31)27(8)18-15(10-9-11-25-18)13-32-17(28)12-16(19(29)34-22(2,3)4)26-20(30)35-23(5,6)7/h9-11,14,16H,12-13H2,1-8H3,(H,26,30)/t14?,16-/m0/s1. The van der Waals surface area contributed by atoms with Gasteiger partial charge in [-0.1, -0.05) is 17.7 Å². The van der Waals surface area contributed by atoms with E-state index in [1.807, 2.05) is 0 Å². The van der Waals surface area contributed by atoms with Crippen LogP contribution in [0.4, 0.5) is 15.4 Å². The molecule has 0 saturated carbocycles. The Kier molecular flexibility index (Phi) is 10.8. The predicted molar refractivity (Wildman–Crippen MR) is 128 cm³/mol. The van der Waals surface area contributed by atoms with Crippen molar-refractivity contribution in [3.8, 4) is 0 Å². The molecule has 0 fully saturated rings. The molecular formula is C23H34ClN3O8. The van der Waals surface area contributed by atoms with Gasteiger partial charge in [0, 0.05) is 18.8 Å². The maximum absolute atomic E-state index is 12.6. The molecule has 1 aromatic heterocycles. The molecule has 0 saturated heterocycles. The third-order valence-corrected chi connectivity index (χ3v) is 3.95. The normalized spacial score (nSPS) is 13.2. The van der Waals surface area contributed by atoms with Crippen LogP contribution < -0.4 is 10.2 Å². The second-order valence-corrected chi connectivity index (χ2v) is 10.2. The highest BCUT2D eigenvalue weighted by molar-refractivity contribution is 6.20. The van der Waals surface area contributed by atoms with Gasteiger partial charge in [0.2, 0.25) is 0 Å². The number of alkyl carbamates (subject to hydrolysis) is 1. The summed E-state index contributed by atoms with van der Waals surface area (Å²) < 4.78 is 20.7. The largest absolute Gasteiger partial charge is 0.461 e. The van der Waals surface area contributed by atoms with Crippen molar-refractivity contribution in [2.24, 2.45) is 0 Å². The molecule has 0 aliphatic carbocycles. The van der Waals surface area contributed by atoms with Crippen molar-refractivity contribution < 1.29 is 38.1 Å². The fourth-order valence-electron chi connectivity index (χ4n) is 2.55. The Hall–Kier alpha value is -3.08. The summed E-state index contributed by atoms with van der Waals surface area (Å²) in [6.07, 6.45) is -0.682. The van der Waals surface area contributed by atoms with Gasteiger partial charge in [-0.15, -0.1) is 0 Å². The van der Waals surface area contributed by atoms with Crippen LogP contribution in [0.2, 0.25) is 0 Å². The van der Waals surface area contributed by atoms with E-state index in [1.54, 1.807) is 53.7 Å². The molecule has 12 heteroatoms. The van der Waals surface area contributed by atoms with Crippen molar-refractivity contribution in [3.63, 3.8) is 0 Å². The number of nitrogens with one attached hydrogen (secondary N) is 1. The van der Waals surface area contributed by atoms with E-state index >= 15 is 0 Å². The van der Waals surface area contributed by atoms with Gasteiger partial charge in [-0.05, 0) is 54.5 Å². The number of alkyl halides is 1. The fourth-order valence-corrected chi connectivity index (χ4v) is 2.63. The Bertz CT molecular complexity index is 909. The predicted octanol–water partition coefficient (Wildman–Crippen LogP) is 3.91. The molecule has 0 spiro atoms. The van der Waals surface area contributed by atoms with Crippen LogP contribution in [0, 0.1) is 0 Å². The van der Waals surface area contributed by atoms with Crippen molar-refractivity contribution in [2.45, 2.75) is 84.3 Å². The van der Waals surface area contributed by atoms with Crippen LogP contribution in [0.3, 0.4) is 0 Å². The van der Waals surface area contributed by atoms with E-state index in [-0.39, 0.29) is 12.4 Å². The Morgan fingerprint density at radius 1 is 1.09 bits per heavy atom. The van der Waals surface area contributed by atoms with Crippen molar-refractivity contribution in [2.75, 3.05) is 11.9 Å². The van der Waals surface area contributed by atoms with Gasteiger partial charge in [0.05, 0.1) is 6.42 Å². The summed E-state index contributed by atoms with van der Waals surface area (Å²) >= 11 is 5.70. The lowest BCUT2D eigenvalue weighted by Crippen LogP contribution is -2.47. The summed E-state index contributed by atoms with van der Waals surface area (Å²) in [5.74, 6) is -1.43. The van der Waals surface area contributed by atoms with Gasteiger partial charge in [0.25, 0.3) is 0 Å². The number of ether oxygens (including phenoxy) is 4. The number of pyridine rings is 1. The summed E-state index contributed by atoms with van der Waals surface area (Å²) in [5, 5.41) is 2.36. The van der Waals surface area contributed by atoms with Gasteiger partial charge in [-0.2, -0.15) is 0 Å². The van der Waals surface area contributed by atoms with Gasteiger partial charge in [-0.3, -0.25) is 9.69 Å². The van der Waals surface area contributed by atoms with E-state index in [1.165, 1.54) is 20.2 Å². The minimum absolute atomic E-state index is 0.193. The summed E-state index contributed by atoms with van der Waals surface area (Å²) in [6, 6.07) is 1.87. The Labute approximate surface area is 210 Å². The third-order valence-electron chi connectivity index (χ3n) is 3.86. The van der Waals surface area contributed by atoms with Crippen LogP contribution >= 0.6 is 11.6 Å². The molecule has 0 radical (unpaired) electrons. The molecule has 0 aromatic carbocycles. The number of rotatable bonds is 8. The Morgan fingerprint density at radius 3 is 2.23 bits per heavy atom. The highest BCUT2D eigenvalue weighted by Crippen LogP contribution is 2.19. The third kappa shape index (κ3) is 11.7. The zero-order valence-electron chi connectivity index (χ0n) is 21.3. The van der Waals surface area contributed by atoms with Gasteiger partial charge in [0.1, 0.15) is 29.7 Å². The van der Waals surface area contributed by atoms with Gasteiger partial charge >= 0.3 is 24.1 Å².